The Bertz CT molecular complexity index is 1020. The van der Waals surface area contributed by atoms with Gasteiger partial charge < -0.3 is 15.1 Å². The van der Waals surface area contributed by atoms with E-state index in [2.05, 4.69) is 30.8 Å². The van der Waals surface area contributed by atoms with Crippen molar-refractivity contribution in [3.63, 3.8) is 0 Å². The van der Waals surface area contributed by atoms with Crippen molar-refractivity contribution in [2.75, 3.05) is 10.6 Å². The molecule has 1 aliphatic carbocycles. The number of rotatable bonds is 4. The Morgan fingerprint density at radius 2 is 2.12 bits per heavy atom. The number of hydrogen-bond donors (Lipinski definition) is 3. The Labute approximate surface area is 137 Å². The molecule has 24 heavy (non-hydrogen) atoms. The van der Waals surface area contributed by atoms with Gasteiger partial charge in [-0.1, -0.05) is 0 Å². The predicted octanol–water partition coefficient (Wildman–Crippen LogP) is 3.81. The Hall–Kier alpha value is -3.09. The zero-order chi connectivity index (χ0) is 15.9. The van der Waals surface area contributed by atoms with Gasteiger partial charge in [0, 0.05) is 23.2 Å². The van der Waals surface area contributed by atoms with Gasteiger partial charge in [0.2, 0.25) is 5.95 Å². The van der Waals surface area contributed by atoms with Crippen LogP contribution < -0.4 is 10.6 Å². The van der Waals surface area contributed by atoms with Gasteiger partial charge in [0.25, 0.3) is 0 Å². The SMILES string of the molecule is c1cc2nc(Nc3ccc4cn[nH]c4c3)nc(NC3CCC3)c2o1. The molecular formula is C17H16N6O. The van der Waals surface area contributed by atoms with E-state index < -0.39 is 0 Å². The van der Waals surface area contributed by atoms with Crippen LogP contribution >= 0.6 is 0 Å². The highest BCUT2D eigenvalue weighted by atomic mass is 16.3. The lowest BCUT2D eigenvalue weighted by Crippen LogP contribution is -2.27. The molecule has 0 unspecified atom stereocenters. The van der Waals surface area contributed by atoms with Crippen molar-refractivity contribution in [2.45, 2.75) is 25.3 Å². The van der Waals surface area contributed by atoms with Crippen molar-refractivity contribution < 1.29 is 4.42 Å². The van der Waals surface area contributed by atoms with Gasteiger partial charge >= 0.3 is 0 Å². The van der Waals surface area contributed by atoms with Crippen molar-refractivity contribution in [2.24, 2.45) is 0 Å². The monoisotopic (exact) mass is 320 g/mol. The molecule has 3 heterocycles. The number of benzene rings is 1. The molecular weight excluding hydrogens is 304 g/mol. The van der Waals surface area contributed by atoms with Crippen LogP contribution in [-0.4, -0.2) is 26.2 Å². The zero-order valence-electron chi connectivity index (χ0n) is 12.9. The Balaban J connectivity index is 1.50. The fraction of sp³-hybridized carbons (Fsp3) is 0.235. The number of anilines is 3. The minimum atomic E-state index is 0.474. The Morgan fingerprint density at radius 1 is 1.17 bits per heavy atom. The highest BCUT2D eigenvalue weighted by molar-refractivity contribution is 5.86. The van der Waals surface area contributed by atoms with Crippen LogP contribution in [0.3, 0.4) is 0 Å². The normalized spacial score (nSPS) is 14.8. The lowest BCUT2D eigenvalue weighted by atomic mass is 9.93. The molecule has 0 atom stereocenters. The van der Waals surface area contributed by atoms with Crippen LogP contribution in [0.2, 0.25) is 0 Å². The first kappa shape index (κ1) is 13.4. The molecule has 5 rings (SSSR count). The third kappa shape index (κ3) is 2.25. The number of H-pyrrole nitrogens is 1. The molecule has 0 amide bonds. The smallest absolute Gasteiger partial charge is 0.229 e. The highest BCUT2D eigenvalue weighted by Crippen LogP contribution is 2.29. The fourth-order valence-electron chi connectivity index (χ4n) is 2.91. The van der Waals surface area contributed by atoms with E-state index in [0.717, 1.165) is 27.9 Å². The van der Waals surface area contributed by atoms with Gasteiger partial charge in [0.05, 0.1) is 18.0 Å². The quantitative estimate of drug-likeness (QED) is 0.529. The van der Waals surface area contributed by atoms with E-state index in [1.165, 1.54) is 19.3 Å². The lowest BCUT2D eigenvalue weighted by Gasteiger charge is -2.26. The van der Waals surface area contributed by atoms with Gasteiger partial charge in [-0.15, -0.1) is 0 Å². The third-order valence-corrected chi connectivity index (χ3v) is 4.45. The standard InChI is InChI=1S/C17H16N6O/c1-2-11(3-1)19-16-15-13(6-7-24-15)21-17(22-16)20-12-5-4-10-9-18-23-14(10)8-12/h4-9,11H,1-3H2,(H,18,23)(H2,19,20,21,22). The maximum absolute atomic E-state index is 5.54. The molecule has 120 valence electrons. The topological polar surface area (TPSA) is 91.7 Å². The van der Waals surface area contributed by atoms with E-state index >= 15 is 0 Å². The number of aromatic amines is 1. The molecule has 0 saturated heterocycles. The summed E-state index contributed by atoms with van der Waals surface area (Å²) in [6.45, 7) is 0. The molecule has 0 aliphatic heterocycles. The second kappa shape index (κ2) is 5.23. The van der Waals surface area contributed by atoms with Gasteiger partial charge in [0.15, 0.2) is 11.4 Å². The van der Waals surface area contributed by atoms with Gasteiger partial charge in [-0.25, -0.2) is 4.98 Å². The van der Waals surface area contributed by atoms with Crippen molar-refractivity contribution >= 4 is 39.5 Å². The summed E-state index contributed by atoms with van der Waals surface area (Å²) in [6, 6.07) is 8.31. The number of nitrogens with zero attached hydrogens (tertiary/aromatic N) is 3. The van der Waals surface area contributed by atoms with Crippen LogP contribution in [0.5, 0.6) is 0 Å². The maximum Gasteiger partial charge on any atom is 0.229 e. The second-order valence-electron chi connectivity index (χ2n) is 6.10. The number of aromatic nitrogens is 4. The van der Waals surface area contributed by atoms with Crippen LogP contribution in [0.15, 0.2) is 41.1 Å². The van der Waals surface area contributed by atoms with Crippen LogP contribution in [0, 0.1) is 0 Å². The van der Waals surface area contributed by atoms with Crippen LogP contribution in [0.25, 0.3) is 22.0 Å². The van der Waals surface area contributed by atoms with E-state index in [0.29, 0.717) is 17.6 Å². The lowest BCUT2D eigenvalue weighted by molar-refractivity contribution is 0.444. The van der Waals surface area contributed by atoms with Gasteiger partial charge in [0.1, 0.15) is 5.52 Å². The molecule has 0 spiro atoms. The molecule has 0 radical (unpaired) electrons. The van der Waals surface area contributed by atoms with E-state index in [-0.39, 0.29) is 0 Å². The van der Waals surface area contributed by atoms with E-state index in [9.17, 15) is 0 Å². The highest BCUT2D eigenvalue weighted by Gasteiger charge is 2.20. The van der Waals surface area contributed by atoms with Gasteiger partial charge in [-0.2, -0.15) is 10.1 Å². The van der Waals surface area contributed by atoms with E-state index in [1.807, 2.05) is 24.3 Å². The summed E-state index contributed by atoms with van der Waals surface area (Å²) >= 11 is 0. The van der Waals surface area contributed by atoms with Crippen molar-refractivity contribution in [1.82, 2.24) is 20.2 Å². The predicted molar refractivity (Wildman–Crippen MR) is 92.4 cm³/mol. The summed E-state index contributed by atoms with van der Waals surface area (Å²) in [5, 5.41) is 14.8. The van der Waals surface area contributed by atoms with Crippen molar-refractivity contribution in [3.8, 4) is 0 Å². The number of nitrogens with one attached hydrogen (secondary N) is 3. The molecule has 1 aromatic carbocycles. The minimum Gasteiger partial charge on any atom is -0.459 e. The molecule has 1 aliphatic rings. The summed E-state index contributed by atoms with van der Waals surface area (Å²) in [6.07, 6.45) is 7.05. The summed E-state index contributed by atoms with van der Waals surface area (Å²) in [7, 11) is 0. The summed E-state index contributed by atoms with van der Waals surface area (Å²) in [5.41, 5.74) is 3.37. The first-order valence-electron chi connectivity index (χ1n) is 8.07. The first-order valence-corrected chi connectivity index (χ1v) is 8.07. The van der Waals surface area contributed by atoms with Crippen LogP contribution in [0.4, 0.5) is 17.5 Å². The largest absolute Gasteiger partial charge is 0.459 e. The molecule has 3 N–H and O–H groups in total. The number of furan rings is 1. The minimum absolute atomic E-state index is 0.474. The third-order valence-electron chi connectivity index (χ3n) is 4.45. The zero-order valence-corrected chi connectivity index (χ0v) is 12.9. The molecule has 1 fully saturated rings. The molecule has 1 saturated carbocycles. The number of fused-ring (bicyclic) bond motifs is 2. The molecule has 4 aromatic rings. The number of hydrogen-bond acceptors (Lipinski definition) is 6. The molecule has 0 bridgehead atoms. The van der Waals surface area contributed by atoms with Gasteiger partial charge in [-0.3, -0.25) is 5.10 Å². The van der Waals surface area contributed by atoms with Crippen molar-refractivity contribution in [3.05, 3.63) is 36.7 Å². The Morgan fingerprint density at radius 3 is 3.00 bits per heavy atom. The molecule has 7 nitrogen and oxygen atoms in total. The van der Waals surface area contributed by atoms with Crippen molar-refractivity contribution in [1.29, 1.82) is 0 Å². The van der Waals surface area contributed by atoms with Crippen LogP contribution in [-0.2, 0) is 0 Å². The first-order chi connectivity index (χ1) is 11.8. The average molecular weight is 320 g/mol. The summed E-state index contributed by atoms with van der Waals surface area (Å²) in [4.78, 5) is 9.13. The van der Waals surface area contributed by atoms with E-state index in [4.69, 9.17) is 4.42 Å². The van der Waals surface area contributed by atoms with Gasteiger partial charge in [-0.05, 0) is 37.5 Å². The van der Waals surface area contributed by atoms with Crippen LogP contribution in [0.1, 0.15) is 19.3 Å². The summed E-state index contributed by atoms with van der Waals surface area (Å²) in [5.74, 6) is 1.30. The fourth-order valence-corrected chi connectivity index (χ4v) is 2.91. The second-order valence-corrected chi connectivity index (χ2v) is 6.10. The van der Waals surface area contributed by atoms with E-state index in [1.54, 1.807) is 12.5 Å². The molecule has 3 aromatic heterocycles. The maximum atomic E-state index is 5.54. The summed E-state index contributed by atoms with van der Waals surface area (Å²) < 4.78 is 5.54. The molecule has 7 heteroatoms. The average Bonchev–Trinajstić information content (AvgIpc) is 3.18. The Kier molecular flexibility index (Phi) is 2.91.